The minimum Gasteiger partial charge on any atom is -0.481 e. The standard InChI is InChI=1S/C24H30N2O4S/c1-14-4-7-17(8-5-14)13-25-23(30)22-18-9-6-15(2)10-19(18)31-24(22)26-20(27)11-16(3)12-21(28)29/h4-5,7-8,15-16H,6,9-13H2,1-3H3,(H,25,30)(H,26,27)(H,28,29)/t15-,16+/m1/s1. The van der Waals surface area contributed by atoms with E-state index >= 15 is 0 Å². The van der Waals surface area contributed by atoms with Crippen LogP contribution >= 0.6 is 11.3 Å². The van der Waals surface area contributed by atoms with Crippen LogP contribution in [0.5, 0.6) is 0 Å². The van der Waals surface area contributed by atoms with E-state index in [0.717, 1.165) is 35.3 Å². The number of carbonyl (C=O) groups is 3. The van der Waals surface area contributed by atoms with Crippen LogP contribution in [0, 0.1) is 18.8 Å². The first kappa shape index (κ1) is 23.0. The molecule has 0 radical (unpaired) electrons. The van der Waals surface area contributed by atoms with Gasteiger partial charge < -0.3 is 15.7 Å². The molecule has 2 amide bonds. The summed E-state index contributed by atoms with van der Waals surface area (Å²) in [5.41, 5.74) is 3.79. The fourth-order valence-corrected chi connectivity index (χ4v) is 5.34. The number of thiophene rings is 1. The summed E-state index contributed by atoms with van der Waals surface area (Å²) in [7, 11) is 0. The molecule has 0 saturated carbocycles. The van der Waals surface area contributed by atoms with Crippen LogP contribution in [0.1, 0.15) is 65.0 Å². The molecule has 3 rings (SSSR count). The van der Waals surface area contributed by atoms with E-state index in [2.05, 4.69) is 17.6 Å². The topological polar surface area (TPSA) is 95.5 Å². The summed E-state index contributed by atoms with van der Waals surface area (Å²) in [5, 5.41) is 15.4. The third-order valence-electron chi connectivity index (χ3n) is 5.62. The summed E-state index contributed by atoms with van der Waals surface area (Å²) in [4.78, 5) is 37.7. The number of rotatable bonds is 8. The molecule has 1 aliphatic carbocycles. The molecule has 6 nitrogen and oxygen atoms in total. The lowest BCUT2D eigenvalue weighted by molar-refractivity contribution is -0.138. The smallest absolute Gasteiger partial charge is 0.303 e. The van der Waals surface area contributed by atoms with E-state index in [9.17, 15) is 14.4 Å². The Hall–Kier alpha value is -2.67. The first-order chi connectivity index (χ1) is 14.7. The number of amides is 2. The lowest BCUT2D eigenvalue weighted by Gasteiger charge is -2.18. The van der Waals surface area contributed by atoms with Crippen LogP contribution in [0.25, 0.3) is 0 Å². The molecule has 0 unspecified atom stereocenters. The number of carboxylic acid groups (broad SMARTS) is 1. The van der Waals surface area contributed by atoms with Crippen molar-refractivity contribution in [3.05, 3.63) is 51.4 Å². The number of carboxylic acids is 1. The maximum atomic E-state index is 13.1. The van der Waals surface area contributed by atoms with Crippen LogP contribution < -0.4 is 10.6 Å². The van der Waals surface area contributed by atoms with Crippen molar-refractivity contribution in [2.75, 3.05) is 5.32 Å². The van der Waals surface area contributed by atoms with Crippen LogP contribution in [-0.4, -0.2) is 22.9 Å². The highest BCUT2D eigenvalue weighted by molar-refractivity contribution is 7.17. The normalized spacial score (nSPS) is 16.3. The van der Waals surface area contributed by atoms with E-state index in [1.165, 1.54) is 16.9 Å². The molecule has 0 saturated heterocycles. The number of anilines is 1. The molecule has 0 fully saturated rings. The van der Waals surface area contributed by atoms with Crippen molar-refractivity contribution in [2.24, 2.45) is 11.8 Å². The van der Waals surface area contributed by atoms with Crippen LogP contribution in [0.4, 0.5) is 5.00 Å². The van der Waals surface area contributed by atoms with Gasteiger partial charge in [-0.15, -0.1) is 11.3 Å². The summed E-state index contributed by atoms with van der Waals surface area (Å²) < 4.78 is 0. The van der Waals surface area contributed by atoms with Gasteiger partial charge in [0.2, 0.25) is 5.91 Å². The molecule has 1 aromatic heterocycles. The van der Waals surface area contributed by atoms with E-state index in [1.54, 1.807) is 6.92 Å². The Morgan fingerprint density at radius 1 is 1.19 bits per heavy atom. The van der Waals surface area contributed by atoms with E-state index in [0.29, 0.717) is 23.0 Å². The van der Waals surface area contributed by atoms with Crippen LogP contribution in [0.2, 0.25) is 0 Å². The van der Waals surface area contributed by atoms with Gasteiger partial charge in [0.05, 0.1) is 5.56 Å². The lowest BCUT2D eigenvalue weighted by atomic mass is 9.88. The predicted octanol–water partition coefficient (Wildman–Crippen LogP) is 4.55. The highest BCUT2D eigenvalue weighted by Gasteiger charge is 2.28. The Morgan fingerprint density at radius 3 is 2.58 bits per heavy atom. The van der Waals surface area contributed by atoms with Gasteiger partial charge in [-0.25, -0.2) is 0 Å². The van der Waals surface area contributed by atoms with Crippen molar-refractivity contribution in [2.45, 2.75) is 59.4 Å². The highest BCUT2D eigenvalue weighted by atomic mass is 32.1. The maximum Gasteiger partial charge on any atom is 0.303 e. The maximum absolute atomic E-state index is 13.1. The van der Waals surface area contributed by atoms with Gasteiger partial charge in [-0.3, -0.25) is 14.4 Å². The highest BCUT2D eigenvalue weighted by Crippen LogP contribution is 2.39. The van der Waals surface area contributed by atoms with Gasteiger partial charge in [0.25, 0.3) is 5.91 Å². The minimum absolute atomic E-state index is 0.0598. The minimum atomic E-state index is -0.919. The molecule has 3 N–H and O–H groups in total. The van der Waals surface area contributed by atoms with Crippen molar-refractivity contribution in [1.82, 2.24) is 5.32 Å². The number of benzene rings is 1. The third kappa shape index (κ3) is 6.17. The third-order valence-corrected chi connectivity index (χ3v) is 6.79. The lowest BCUT2D eigenvalue weighted by Crippen LogP contribution is -2.26. The summed E-state index contributed by atoms with van der Waals surface area (Å²) in [5.74, 6) is -1.08. The predicted molar refractivity (Wildman–Crippen MR) is 123 cm³/mol. The van der Waals surface area contributed by atoms with Crippen LogP contribution in [0.3, 0.4) is 0 Å². The van der Waals surface area contributed by atoms with Crippen molar-refractivity contribution in [3.63, 3.8) is 0 Å². The zero-order valence-electron chi connectivity index (χ0n) is 18.3. The molecule has 1 heterocycles. The number of aryl methyl sites for hydroxylation is 1. The zero-order valence-corrected chi connectivity index (χ0v) is 19.1. The average molecular weight is 443 g/mol. The Labute approximate surface area is 187 Å². The summed E-state index contributed by atoms with van der Waals surface area (Å²) in [6, 6.07) is 8.01. The Balaban J connectivity index is 1.77. The van der Waals surface area contributed by atoms with Crippen molar-refractivity contribution >= 4 is 34.1 Å². The first-order valence-electron chi connectivity index (χ1n) is 10.7. The number of nitrogens with one attached hydrogen (secondary N) is 2. The SMILES string of the molecule is Cc1ccc(CNC(=O)c2c(NC(=O)C[C@H](C)CC(=O)O)sc3c2CC[C@@H](C)C3)cc1. The molecule has 0 aliphatic heterocycles. The van der Waals surface area contributed by atoms with Gasteiger partial charge in [-0.05, 0) is 49.1 Å². The number of aliphatic carboxylic acids is 1. The van der Waals surface area contributed by atoms with Gasteiger partial charge >= 0.3 is 5.97 Å². The van der Waals surface area contributed by atoms with Crippen LogP contribution in [-0.2, 0) is 29.0 Å². The van der Waals surface area contributed by atoms with Crippen LogP contribution in [0.15, 0.2) is 24.3 Å². The molecule has 31 heavy (non-hydrogen) atoms. The monoisotopic (exact) mass is 442 g/mol. The Morgan fingerprint density at radius 2 is 1.90 bits per heavy atom. The summed E-state index contributed by atoms with van der Waals surface area (Å²) >= 11 is 1.48. The quantitative estimate of drug-likeness (QED) is 0.559. The number of carbonyl (C=O) groups excluding carboxylic acids is 2. The van der Waals surface area contributed by atoms with E-state index in [-0.39, 0.29) is 30.6 Å². The van der Waals surface area contributed by atoms with Gasteiger partial charge in [-0.1, -0.05) is 43.7 Å². The van der Waals surface area contributed by atoms with E-state index in [4.69, 9.17) is 5.11 Å². The van der Waals surface area contributed by atoms with Crippen molar-refractivity contribution in [3.8, 4) is 0 Å². The van der Waals surface area contributed by atoms with Gasteiger partial charge in [-0.2, -0.15) is 0 Å². The Kier molecular flexibility index (Phi) is 7.49. The molecule has 7 heteroatoms. The fourth-order valence-electron chi connectivity index (χ4n) is 3.92. The second-order valence-corrected chi connectivity index (χ2v) is 9.78. The van der Waals surface area contributed by atoms with E-state index < -0.39 is 5.97 Å². The van der Waals surface area contributed by atoms with Crippen molar-refractivity contribution < 1.29 is 19.5 Å². The molecule has 166 valence electrons. The Bertz CT molecular complexity index is 965. The fraction of sp³-hybridized carbons (Fsp3) is 0.458. The summed E-state index contributed by atoms with van der Waals surface area (Å²) in [6.07, 6.45) is 2.80. The largest absolute Gasteiger partial charge is 0.481 e. The molecule has 0 spiro atoms. The second-order valence-electron chi connectivity index (χ2n) is 8.68. The van der Waals surface area contributed by atoms with Gasteiger partial charge in [0.1, 0.15) is 5.00 Å². The van der Waals surface area contributed by atoms with Gasteiger partial charge in [0, 0.05) is 24.3 Å². The number of hydrogen-bond acceptors (Lipinski definition) is 4. The molecular formula is C24H30N2O4S. The average Bonchev–Trinajstić information content (AvgIpc) is 3.03. The van der Waals surface area contributed by atoms with E-state index in [1.807, 2.05) is 31.2 Å². The summed E-state index contributed by atoms with van der Waals surface area (Å²) in [6.45, 7) is 6.38. The molecule has 2 aromatic rings. The second kappa shape index (κ2) is 10.1. The zero-order chi connectivity index (χ0) is 22.5. The van der Waals surface area contributed by atoms with Crippen molar-refractivity contribution in [1.29, 1.82) is 0 Å². The number of fused-ring (bicyclic) bond motifs is 1. The number of hydrogen-bond donors (Lipinski definition) is 3. The molecule has 1 aliphatic rings. The first-order valence-corrected chi connectivity index (χ1v) is 11.5. The molecule has 1 aromatic carbocycles. The molecular weight excluding hydrogens is 412 g/mol. The molecule has 0 bridgehead atoms. The van der Waals surface area contributed by atoms with Gasteiger partial charge in [0.15, 0.2) is 0 Å². The molecule has 2 atom stereocenters.